The van der Waals surface area contributed by atoms with Crippen molar-refractivity contribution < 1.29 is 14.5 Å². The molecule has 0 aliphatic heterocycles. The molecule has 0 unspecified atom stereocenters. The summed E-state index contributed by atoms with van der Waals surface area (Å²) in [6, 6.07) is 3.83. The Morgan fingerprint density at radius 2 is 2.16 bits per heavy atom. The lowest BCUT2D eigenvalue weighted by molar-refractivity contribution is -0.384. The van der Waals surface area contributed by atoms with Crippen LogP contribution in [0.2, 0.25) is 0 Å². The van der Waals surface area contributed by atoms with E-state index in [2.05, 4.69) is 5.32 Å². The number of hydrogen-bond acceptors (Lipinski definition) is 5. The molecule has 0 radical (unpaired) electrons. The summed E-state index contributed by atoms with van der Waals surface area (Å²) in [4.78, 5) is 22.2. The minimum atomic E-state index is -0.566. The van der Waals surface area contributed by atoms with E-state index in [1.807, 2.05) is 0 Å². The van der Waals surface area contributed by atoms with Gasteiger partial charge in [-0.05, 0) is 19.9 Å². The molecule has 3 N–H and O–H groups in total. The third-order valence-electron chi connectivity index (χ3n) is 2.60. The van der Waals surface area contributed by atoms with Crippen LogP contribution >= 0.6 is 0 Å². The lowest BCUT2D eigenvalue weighted by Crippen LogP contribution is -2.48. The first-order chi connectivity index (χ1) is 8.80. The van der Waals surface area contributed by atoms with Gasteiger partial charge in [-0.25, -0.2) is 0 Å². The molecule has 0 aliphatic rings. The van der Waals surface area contributed by atoms with Crippen molar-refractivity contribution in [1.29, 1.82) is 0 Å². The predicted molar refractivity (Wildman–Crippen MR) is 70.2 cm³/mol. The Morgan fingerprint density at radius 3 is 2.63 bits per heavy atom. The summed E-state index contributed by atoms with van der Waals surface area (Å²) in [6.07, 6.45) is 0. The SMILES string of the molecule is COc1cc([N+](=O)[O-])ccc1C(=O)NC(C)(C)CN. The summed E-state index contributed by atoms with van der Waals surface area (Å²) < 4.78 is 5.01. The molecule has 0 spiro atoms. The van der Waals surface area contributed by atoms with Gasteiger partial charge in [-0.15, -0.1) is 0 Å². The van der Waals surface area contributed by atoms with E-state index in [9.17, 15) is 14.9 Å². The van der Waals surface area contributed by atoms with Crippen molar-refractivity contribution in [3.8, 4) is 5.75 Å². The number of hydrogen-bond donors (Lipinski definition) is 2. The van der Waals surface area contributed by atoms with Crippen molar-refractivity contribution in [3.63, 3.8) is 0 Å². The fourth-order valence-corrected chi connectivity index (χ4v) is 1.41. The van der Waals surface area contributed by atoms with Gasteiger partial charge in [-0.1, -0.05) is 0 Å². The number of methoxy groups -OCH3 is 1. The quantitative estimate of drug-likeness (QED) is 0.613. The van der Waals surface area contributed by atoms with Crippen LogP contribution in [0.25, 0.3) is 0 Å². The molecule has 0 atom stereocenters. The largest absolute Gasteiger partial charge is 0.496 e. The number of carbonyl (C=O) groups excluding carboxylic acids is 1. The molecule has 0 fully saturated rings. The van der Waals surface area contributed by atoms with Crippen LogP contribution in [-0.4, -0.2) is 30.0 Å². The lowest BCUT2D eigenvalue weighted by atomic mass is 10.0. The number of nitro benzene ring substituents is 1. The van der Waals surface area contributed by atoms with E-state index in [-0.39, 0.29) is 29.5 Å². The van der Waals surface area contributed by atoms with Crippen LogP contribution in [0, 0.1) is 10.1 Å². The predicted octanol–water partition coefficient (Wildman–Crippen LogP) is 1.07. The first-order valence-corrected chi connectivity index (χ1v) is 5.66. The molecule has 0 aliphatic carbocycles. The Hall–Kier alpha value is -2.15. The van der Waals surface area contributed by atoms with Gasteiger partial charge in [0.05, 0.1) is 23.7 Å². The van der Waals surface area contributed by atoms with Crippen LogP contribution in [0.15, 0.2) is 18.2 Å². The fourth-order valence-electron chi connectivity index (χ4n) is 1.41. The van der Waals surface area contributed by atoms with Crippen molar-refractivity contribution in [2.45, 2.75) is 19.4 Å². The first kappa shape index (κ1) is 14.9. The van der Waals surface area contributed by atoms with Gasteiger partial charge in [0.25, 0.3) is 11.6 Å². The van der Waals surface area contributed by atoms with Crippen LogP contribution in [0.3, 0.4) is 0 Å². The van der Waals surface area contributed by atoms with E-state index in [1.165, 1.54) is 25.3 Å². The van der Waals surface area contributed by atoms with E-state index in [0.717, 1.165) is 0 Å². The molecule has 7 nitrogen and oxygen atoms in total. The minimum absolute atomic E-state index is 0.133. The maximum absolute atomic E-state index is 12.1. The molecule has 1 aromatic rings. The fraction of sp³-hybridized carbons (Fsp3) is 0.417. The van der Waals surface area contributed by atoms with E-state index < -0.39 is 10.5 Å². The number of nitrogens with one attached hydrogen (secondary N) is 1. The highest BCUT2D eigenvalue weighted by Gasteiger charge is 2.22. The number of amides is 1. The van der Waals surface area contributed by atoms with Gasteiger partial charge in [-0.2, -0.15) is 0 Å². The van der Waals surface area contributed by atoms with Crippen molar-refractivity contribution in [2.75, 3.05) is 13.7 Å². The Balaban J connectivity index is 3.07. The van der Waals surface area contributed by atoms with Gasteiger partial charge < -0.3 is 15.8 Å². The second-order valence-electron chi connectivity index (χ2n) is 4.68. The number of non-ortho nitro benzene ring substituents is 1. The van der Waals surface area contributed by atoms with E-state index in [1.54, 1.807) is 13.8 Å². The second kappa shape index (κ2) is 5.66. The zero-order chi connectivity index (χ0) is 14.6. The zero-order valence-electron chi connectivity index (χ0n) is 11.1. The molecular formula is C12H17N3O4. The molecule has 0 aromatic heterocycles. The summed E-state index contributed by atoms with van der Waals surface area (Å²) in [6.45, 7) is 3.83. The smallest absolute Gasteiger partial charge is 0.273 e. The summed E-state index contributed by atoms with van der Waals surface area (Å²) >= 11 is 0. The molecule has 1 rings (SSSR count). The summed E-state index contributed by atoms with van der Waals surface area (Å²) in [5.41, 5.74) is 5.06. The van der Waals surface area contributed by atoms with Crippen LogP contribution in [0.1, 0.15) is 24.2 Å². The van der Waals surface area contributed by atoms with Crippen molar-refractivity contribution in [2.24, 2.45) is 5.73 Å². The highest BCUT2D eigenvalue weighted by molar-refractivity contribution is 5.97. The Bertz CT molecular complexity index is 500. The molecule has 19 heavy (non-hydrogen) atoms. The topological polar surface area (TPSA) is 107 Å². The summed E-state index contributed by atoms with van der Waals surface area (Å²) in [5, 5.41) is 13.4. The number of nitrogens with two attached hydrogens (primary N) is 1. The number of ether oxygens (including phenoxy) is 1. The average molecular weight is 267 g/mol. The van der Waals surface area contributed by atoms with Gasteiger partial charge >= 0.3 is 0 Å². The molecular weight excluding hydrogens is 250 g/mol. The van der Waals surface area contributed by atoms with Gasteiger partial charge in [-0.3, -0.25) is 14.9 Å². The Kier molecular flexibility index (Phi) is 4.44. The van der Waals surface area contributed by atoms with E-state index >= 15 is 0 Å². The molecule has 1 aromatic carbocycles. The summed E-state index contributed by atoms with van der Waals surface area (Å²) in [7, 11) is 1.35. The average Bonchev–Trinajstić information content (AvgIpc) is 2.37. The maximum Gasteiger partial charge on any atom is 0.273 e. The van der Waals surface area contributed by atoms with Crippen molar-refractivity contribution in [3.05, 3.63) is 33.9 Å². The third kappa shape index (κ3) is 3.65. The minimum Gasteiger partial charge on any atom is -0.496 e. The van der Waals surface area contributed by atoms with Gasteiger partial charge in [0.2, 0.25) is 0 Å². The Morgan fingerprint density at radius 1 is 1.53 bits per heavy atom. The number of rotatable bonds is 5. The number of nitrogens with zero attached hydrogens (tertiary/aromatic N) is 1. The van der Waals surface area contributed by atoms with Crippen LogP contribution < -0.4 is 15.8 Å². The normalized spacial score (nSPS) is 10.9. The first-order valence-electron chi connectivity index (χ1n) is 5.66. The highest BCUT2D eigenvalue weighted by atomic mass is 16.6. The molecule has 0 saturated carbocycles. The van der Waals surface area contributed by atoms with Crippen molar-refractivity contribution in [1.82, 2.24) is 5.32 Å². The van der Waals surface area contributed by atoms with Crippen LogP contribution in [0.5, 0.6) is 5.75 Å². The zero-order valence-corrected chi connectivity index (χ0v) is 11.1. The Labute approximate surface area is 110 Å². The standard InChI is InChI=1S/C12H17N3O4/c1-12(2,7-13)14-11(16)9-5-4-8(15(17)18)6-10(9)19-3/h4-6H,7,13H2,1-3H3,(H,14,16). The third-order valence-corrected chi connectivity index (χ3v) is 2.60. The van der Waals surface area contributed by atoms with Crippen molar-refractivity contribution >= 4 is 11.6 Å². The second-order valence-corrected chi connectivity index (χ2v) is 4.68. The van der Waals surface area contributed by atoms with E-state index in [0.29, 0.717) is 0 Å². The molecule has 0 heterocycles. The van der Waals surface area contributed by atoms with E-state index in [4.69, 9.17) is 10.5 Å². The molecule has 104 valence electrons. The highest BCUT2D eigenvalue weighted by Crippen LogP contribution is 2.24. The van der Waals surface area contributed by atoms with Gasteiger partial charge in [0.15, 0.2) is 0 Å². The number of carbonyl (C=O) groups is 1. The van der Waals surface area contributed by atoms with Crippen LogP contribution in [-0.2, 0) is 0 Å². The molecule has 0 bridgehead atoms. The van der Waals surface area contributed by atoms with Gasteiger partial charge in [0.1, 0.15) is 5.75 Å². The molecule has 0 saturated heterocycles. The molecule has 7 heteroatoms. The number of benzene rings is 1. The number of nitro groups is 1. The lowest BCUT2D eigenvalue weighted by Gasteiger charge is -2.24. The van der Waals surface area contributed by atoms with Gasteiger partial charge in [0, 0.05) is 18.2 Å². The van der Waals surface area contributed by atoms with Crippen LogP contribution in [0.4, 0.5) is 5.69 Å². The maximum atomic E-state index is 12.1. The molecule has 1 amide bonds. The summed E-state index contributed by atoms with van der Waals surface area (Å²) in [5.74, 6) is -0.235. The monoisotopic (exact) mass is 267 g/mol.